The van der Waals surface area contributed by atoms with Crippen LogP contribution in [0.4, 0.5) is 17.1 Å². The van der Waals surface area contributed by atoms with Crippen molar-refractivity contribution in [3.05, 3.63) is 98.5 Å². The first-order valence-electron chi connectivity index (χ1n) is 9.05. The molecule has 0 bridgehead atoms. The van der Waals surface area contributed by atoms with Crippen LogP contribution in [0.25, 0.3) is 0 Å². The van der Waals surface area contributed by atoms with E-state index in [1.807, 2.05) is 0 Å². The summed E-state index contributed by atoms with van der Waals surface area (Å²) in [4.78, 5) is 12.4. The number of non-ortho nitro benzene ring substituents is 1. The maximum absolute atomic E-state index is 13.7. The maximum Gasteiger partial charge on any atom is 0.357 e. The van der Waals surface area contributed by atoms with Crippen LogP contribution in [0.1, 0.15) is 11.3 Å². The Balaban J connectivity index is 2.26. The largest absolute Gasteiger partial charge is 0.357 e. The predicted molar refractivity (Wildman–Crippen MR) is 123 cm³/mol. The number of halogens is 2. The summed E-state index contributed by atoms with van der Waals surface area (Å²) < 4.78 is 24.4. The highest BCUT2D eigenvalue weighted by molar-refractivity contribution is 7.54. The summed E-state index contributed by atoms with van der Waals surface area (Å²) in [5, 5.41) is 12.2. The van der Waals surface area contributed by atoms with E-state index in [1.54, 1.807) is 53.4 Å². The molecule has 0 radical (unpaired) electrons. The van der Waals surface area contributed by atoms with Gasteiger partial charge in [0.1, 0.15) is 0 Å². The number of nitrogens with zero attached hydrogens (tertiary/aromatic N) is 2. The SMILES string of the molecule is COP(=O)(OC)C(c1ccc([N+](=O)[O-])cc1)N(c1ccc(Cl)cc1)c1ccc(Cl)cc1. The van der Waals surface area contributed by atoms with Gasteiger partial charge in [0, 0.05) is 47.8 Å². The zero-order valence-electron chi connectivity index (χ0n) is 16.6. The van der Waals surface area contributed by atoms with Gasteiger partial charge in [0.15, 0.2) is 5.78 Å². The molecule has 1 unspecified atom stereocenters. The summed E-state index contributed by atoms with van der Waals surface area (Å²) in [5.41, 5.74) is 1.73. The second-order valence-electron chi connectivity index (χ2n) is 6.45. The molecule has 0 saturated carbocycles. The first-order chi connectivity index (χ1) is 14.8. The molecule has 162 valence electrons. The molecule has 3 aromatic rings. The van der Waals surface area contributed by atoms with Crippen LogP contribution in [0.5, 0.6) is 0 Å². The van der Waals surface area contributed by atoms with Crippen LogP contribution in [-0.4, -0.2) is 19.1 Å². The average Bonchev–Trinajstić information content (AvgIpc) is 2.78. The quantitative estimate of drug-likeness (QED) is 0.192. The molecule has 0 spiro atoms. The Morgan fingerprint density at radius 3 is 1.61 bits per heavy atom. The highest BCUT2D eigenvalue weighted by atomic mass is 35.5. The molecule has 0 amide bonds. The van der Waals surface area contributed by atoms with Gasteiger partial charge in [0.2, 0.25) is 0 Å². The van der Waals surface area contributed by atoms with Gasteiger partial charge in [-0.25, -0.2) is 0 Å². The highest BCUT2D eigenvalue weighted by Gasteiger charge is 2.41. The average molecular weight is 481 g/mol. The third-order valence-electron chi connectivity index (χ3n) is 4.66. The predicted octanol–water partition coefficient (Wildman–Crippen LogP) is 7.22. The number of nitro benzene ring substituents is 1. The molecule has 7 nitrogen and oxygen atoms in total. The summed E-state index contributed by atoms with van der Waals surface area (Å²) in [6.45, 7) is 0. The third-order valence-corrected chi connectivity index (χ3v) is 7.31. The van der Waals surface area contributed by atoms with Crippen LogP contribution in [-0.2, 0) is 13.6 Å². The molecule has 0 fully saturated rings. The maximum atomic E-state index is 13.7. The van der Waals surface area contributed by atoms with Crippen molar-refractivity contribution in [2.75, 3.05) is 19.1 Å². The lowest BCUT2D eigenvalue weighted by Crippen LogP contribution is -2.25. The molecule has 0 aliphatic rings. The van der Waals surface area contributed by atoms with Gasteiger partial charge in [-0.1, -0.05) is 23.2 Å². The second-order valence-corrected chi connectivity index (χ2v) is 9.62. The van der Waals surface area contributed by atoms with E-state index in [4.69, 9.17) is 32.2 Å². The zero-order chi connectivity index (χ0) is 22.6. The van der Waals surface area contributed by atoms with E-state index in [1.165, 1.54) is 38.5 Å². The Morgan fingerprint density at radius 2 is 1.26 bits per heavy atom. The third kappa shape index (κ3) is 5.09. The van der Waals surface area contributed by atoms with Gasteiger partial charge in [-0.05, 0) is 66.2 Å². The molecular weight excluding hydrogens is 462 g/mol. The van der Waals surface area contributed by atoms with Crippen LogP contribution < -0.4 is 4.90 Å². The minimum Gasteiger partial charge on any atom is -0.323 e. The molecule has 1 atom stereocenters. The standard InChI is InChI=1S/C21H19Cl2N2O5P/c1-29-31(28,30-2)21(15-3-9-20(10-4-15)25(26)27)24(18-11-5-16(22)6-12-18)19-13-7-17(23)8-14-19/h3-14,21H,1-2H3. The van der Waals surface area contributed by atoms with E-state index >= 15 is 0 Å². The fraction of sp³-hybridized carbons (Fsp3) is 0.143. The number of hydrogen-bond donors (Lipinski definition) is 0. The summed E-state index contributed by atoms with van der Waals surface area (Å²) in [7, 11) is -1.18. The van der Waals surface area contributed by atoms with Gasteiger partial charge >= 0.3 is 7.60 Å². The van der Waals surface area contributed by atoms with Crippen molar-refractivity contribution < 1.29 is 18.5 Å². The normalized spacial score (nSPS) is 12.4. The van der Waals surface area contributed by atoms with Gasteiger partial charge in [0.25, 0.3) is 5.69 Å². The Bertz CT molecular complexity index is 1040. The van der Waals surface area contributed by atoms with E-state index in [0.29, 0.717) is 27.0 Å². The van der Waals surface area contributed by atoms with Crippen LogP contribution in [0, 0.1) is 10.1 Å². The molecular formula is C21H19Cl2N2O5P. The number of anilines is 2. The van der Waals surface area contributed by atoms with E-state index in [2.05, 4.69) is 0 Å². The second kappa shape index (κ2) is 9.81. The van der Waals surface area contributed by atoms with Crippen LogP contribution in [0.2, 0.25) is 10.0 Å². The van der Waals surface area contributed by atoms with Gasteiger partial charge in [-0.15, -0.1) is 0 Å². The molecule has 10 heteroatoms. The number of rotatable bonds is 8. The summed E-state index contributed by atoms with van der Waals surface area (Å²) >= 11 is 12.1. The topological polar surface area (TPSA) is 81.9 Å². The number of benzene rings is 3. The fourth-order valence-electron chi connectivity index (χ4n) is 3.15. The van der Waals surface area contributed by atoms with Crippen LogP contribution in [0.15, 0.2) is 72.8 Å². The Morgan fingerprint density at radius 1 is 0.839 bits per heavy atom. The van der Waals surface area contributed by atoms with E-state index in [0.717, 1.165) is 0 Å². The summed E-state index contributed by atoms with van der Waals surface area (Å²) in [5.74, 6) is -0.953. The zero-order valence-corrected chi connectivity index (χ0v) is 19.1. The van der Waals surface area contributed by atoms with Gasteiger partial charge in [-0.3, -0.25) is 14.7 Å². The summed E-state index contributed by atoms with van der Waals surface area (Å²) in [6.07, 6.45) is 0. The molecule has 0 aliphatic heterocycles. The van der Waals surface area contributed by atoms with Crippen molar-refractivity contribution in [1.82, 2.24) is 0 Å². The van der Waals surface area contributed by atoms with E-state index < -0.39 is 18.3 Å². The molecule has 31 heavy (non-hydrogen) atoms. The van der Waals surface area contributed by atoms with E-state index in [-0.39, 0.29) is 5.69 Å². The molecule has 0 aliphatic carbocycles. The van der Waals surface area contributed by atoms with Crippen molar-refractivity contribution in [3.63, 3.8) is 0 Å². The molecule has 0 N–H and O–H groups in total. The summed E-state index contributed by atoms with van der Waals surface area (Å²) in [6, 6.07) is 19.7. The number of nitro groups is 1. The van der Waals surface area contributed by atoms with Crippen molar-refractivity contribution in [3.8, 4) is 0 Å². The first kappa shape index (κ1) is 23.3. The van der Waals surface area contributed by atoms with Gasteiger partial charge in [-0.2, -0.15) is 0 Å². The van der Waals surface area contributed by atoms with E-state index in [9.17, 15) is 14.7 Å². The Kier molecular flexibility index (Phi) is 7.36. The molecule has 3 aromatic carbocycles. The monoisotopic (exact) mass is 480 g/mol. The molecule has 3 rings (SSSR count). The van der Waals surface area contributed by atoms with Crippen molar-refractivity contribution >= 4 is 47.9 Å². The minimum atomic E-state index is -3.77. The van der Waals surface area contributed by atoms with Crippen LogP contribution in [0.3, 0.4) is 0 Å². The lowest BCUT2D eigenvalue weighted by atomic mass is 10.1. The smallest absolute Gasteiger partial charge is 0.323 e. The van der Waals surface area contributed by atoms with Crippen molar-refractivity contribution in [2.45, 2.75) is 5.78 Å². The molecule has 0 heterocycles. The Labute approximate surface area is 189 Å². The molecule has 0 saturated heterocycles. The van der Waals surface area contributed by atoms with Crippen molar-refractivity contribution in [2.24, 2.45) is 0 Å². The lowest BCUT2D eigenvalue weighted by Gasteiger charge is -2.37. The van der Waals surface area contributed by atoms with Gasteiger partial charge < -0.3 is 13.9 Å². The Hall–Kier alpha value is -2.41. The first-order valence-corrected chi connectivity index (χ1v) is 11.4. The lowest BCUT2D eigenvalue weighted by molar-refractivity contribution is -0.384. The van der Waals surface area contributed by atoms with Crippen molar-refractivity contribution in [1.29, 1.82) is 0 Å². The highest BCUT2D eigenvalue weighted by Crippen LogP contribution is 2.63. The fourth-order valence-corrected chi connectivity index (χ4v) is 5.04. The van der Waals surface area contributed by atoms with Gasteiger partial charge in [0.05, 0.1) is 4.92 Å². The minimum absolute atomic E-state index is 0.0864. The number of hydrogen-bond acceptors (Lipinski definition) is 6. The van der Waals surface area contributed by atoms with Crippen LogP contribution >= 0.6 is 30.8 Å². The molecule has 0 aromatic heterocycles.